The van der Waals surface area contributed by atoms with Gasteiger partial charge < -0.3 is 20.5 Å². The molecule has 0 saturated heterocycles. The van der Waals surface area contributed by atoms with Crippen LogP contribution in [0.15, 0.2) is 48.5 Å². The second-order valence-electron chi connectivity index (χ2n) is 8.60. The van der Waals surface area contributed by atoms with Crippen LogP contribution in [-0.4, -0.2) is 35.5 Å². The molecule has 37 heavy (non-hydrogen) atoms. The predicted molar refractivity (Wildman–Crippen MR) is 141 cm³/mol. The van der Waals surface area contributed by atoms with Crippen molar-refractivity contribution in [1.29, 1.82) is 0 Å². The molecule has 0 aliphatic heterocycles. The van der Waals surface area contributed by atoms with E-state index in [1.165, 1.54) is 13.2 Å². The van der Waals surface area contributed by atoms with E-state index in [1.807, 2.05) is 19.9 Å². The lowest BCUT2D eigenvalue weighted by atomic mass is 9.94. The van der Waals surface area contributed by atoms with Crippen LogP contribution in [-0.2, 0) is 15.1 Å². The monoisotopic (exact) mass is 543 g/mol. The van der Waals surface area contributed by atoms with E-state index in [1.54, 1.807) is 30.3 Å². The van der Waals surface area contributed by atoms with Crippen LogP contribution in [0.25, 0.3) is 10.3 Å². The van der Waals surface area contributed by atoms with Crippen molar-refractivity contribution in [2.75, 3.05) is 24.4 Å². The summed E-state index contributed by atoms with van der Waals surface area (Å²) in [5, 5.41) is 5.51. The number of pyridine rings is 1. The number of carbonyl (C=O) groups is 2. The van der Waals surface area contributed by atoms with Gasteiger partial charge in [-0.05, 0) is 43.7 Å². The number of anilines is 2. The zero-order chi connectivity index (χ0) is 26.7. The first kappa shape index (κ1) is 26.4. The minimum absolute atomic E-state index is 0.0129. The van der Waals surface area contributed by atoms with Gasteiger partial charge in [-0.15, -0.1) is 0 Å². The number of nitrogens with zero attached hydrogens (tertiary/aromatic N) is 2. The minimum Gasteiger partial charge on any atom is -0.437 e. The number of nitrogens with one attached hydrogen (secondary N) is 2. The molecule has 0 fully saturated rings. The Kier molecular flexibility index (Phi) is 7.69. The van der Waals surface area contributed by atoms with E-state index in [2.05, 4.69) is 20.6 Å². The van der Waals surface area contributed by atoms with Crippen molar-refractivity contribution in [3.8, 4) is 11.6 Å². The van der Waals surface area contributed by atoms with E-state index >= 15 is 0 Å². The van der Waals surface area contributed by atoms with Crippen molar-refractivity contribution in [3.63, 3.8) is 0 Å². The maximum absolute atomic E-state index is 14.6. The summed E-state index contributed by atoms with van der Waals surface area (Å²) < 4.78 is 25.2. The molecule has 4 aromatic rings. The van der Waals surface area contributed by atoms with Gasteiger partial charge in [0.15, 0.2) is 5.13 Å². The van der Waals surface area contributed by atoms with Crippen molar-refractivity contribution in [3.05, 3.63) is 70.5 Å². The summed E-state index contributed by atoms with van der Waals surface area (Å²) in [6, 6.07) is 12.3. The molecule has 12 heteroatoms. The molecule has 192 valence electrons. The van der Waals surface area contributed by atoms with Crippen LogP contribution < -0.4 is 21.1 Å². The lowest BCUT2D eigenvalue weighted by Crippen LogP contribution is -2.29. The molecule has 0 aliphatic rings. The summed E-state index contributed by atoms with van der Waals surface area (Å²) in [4.78, 5) is 33.7. The van der Waals surface area contributed by atoms with Crippen molar-refractivity contribution in [1.82, 2.24) is 9.97 Å². The van der Waals surface area contributed by atoms with Crippen molar-refractivity contribution >= 4 is 55.9 Å². The number of nitrogens with two attached hydrogens (primary N) is 1. The second kappa shape index (κ2) is 10.8. The molecule has 0 bridgehead atoms. The Morgan fingerprint density at radius 3 is 2.65 bits per heavy atom. The number of thiazole rings is 1. The fourth-order valence-corrected chi connectivity index (χ4v) is 4.30. The molecule has 0 saturated carbocycles. The molecule has 4 rings (SSSR count). The predicted octanol–water partition coefficient (Wildman–Crippen LogP) is 5.31. The van der Waals surface area contributed by atoms with Crippen molar-refractivity contribution in [2.24, 2.45) is 5.73 Å². The minimum atomic E-state index is -0.733. The Morgan fingerprint density at radius 1 is 1.14 bits per heavy atom. The van der Waals surface area contributed by atoms with E-state index in [4.69, 9.17) is 26.8 Å². The average Bonchev–Trinajstić information content (AvgIpc) is 3.23. The van der Waals surface area contributed by atoms with Crippen LogP contribution in [0.2, 0.25) is 5.02 Å². The van der Waals surface area contributed by atoms with Crippen LogP contribution >= 0.6 is 22.9 Å². The third-order valence-electron chi connectivity index (χ3n) is 5.10. The number of hydrogen-bond donors (Lipinski definition) is 3. The third-order valence-corrected chi connectivity index (χ3v) is 6.28. The van der Waals surface area contributed by atoms with Gasteiger partial charge in [0.25, 0.3) is 11.8 Å². The smallest absolute Gasteiger partial charge is 0.255 e. The van der Waals surface area contributed by atoms with E-state index < -0.39 is 17.3 Å². The number of amides is 2. The number of methoxy groups -OCH3 is 1. The summed E-state index contributed by atoms with van der Waals surface area (Å²) >= 11 is 7.34. The van der Waals surface area contributed by atoms with Gasteiger partial charge in [0.05, 0.1) is 10.7 Å². The number of carbonyl (C=O) groups excluding carboxylic acids is 2. The zero-order valence-electron chi connectivity index (χ0n) is 20.1. The van der Waals surface area contributed by atoms with E-state index in [0.29, 0.717) is 21.0 Å². The van der Waals surface area contributed by atoms with Crippen LogP contribution in [0.3, 0.4) is 0 Å². The summed E-state index contributed by atoms with van der Waals surface area (Å²) in [6.45, 7) is 3.54. The zero-order valence-corrected chi connectivity index (χ0v) is 21.7. The van der Waals surface area contributed by atoms with Gasteiger partial charge >= 0.3 is 0 Å². The Labute approximate surface area is 220 Å². The fourth-order valence-electron chi connectivity index (χ4n) is 3.27. The molecule has 2 amide bonds. The molecular weight excluding hydrogens is 521 g/mol. The molecule has 4 N–H and O–H groups in total. The van der Waals surface area contributed by atoms with Gasteiger partial charge in [0, 0.05) is 30.3 Å². The SMILES string of the molecule is COCC(=O)Nc1nc2ccc(Oc3cc(NC(=O)c4cccc(C(C)(C)N)c4)c(F)cc3Cl)nc2s1. The lowest BCUT2D eigenvalue weighted by molar-refractivity contribution is -0.119. The Morgan fingerprint density at radius 2 is 1.92 bits per heavy atom. The summed E-state index contributed by atoms with van der Waals surface area (Å²) in [5.41, 5.74) is 6.98. The molecule has 2 heterocycles. The highest BCUT2D eigenvalue weighted by molar-refractivity contribution is 7.21. The first-order valence-electron chi connectivity index (χ1n) is 11.0. The largest absolute Gasteiger partial charge is 0.437 e. The van der Waals surface area contributed by atoms with Gasteiger partial charge in [-0.1, -0.05) is 35.1 Å². The summed E-state index contributed by atoms with van der Waals surface area (Å²) in [7, 11) is 1.42. The quantitative estimate of drug-likeness (QED) is 0.275. The topological polar surface area (TPSA) is 128 Å². The molecule has 0 unspecified atom stereocenters. The molecule has 0 radical (unpaired) electrons. The molecule has 0 aliphatic carbocycles. The fraction of sp³-hybridized carbons (Fsp3) is 0.200. The van der Waals surface area contributed by atoms with Crippen molar-refractivity contribution < 1.29 is 23.5 Å². The van der Waals surface area contributed by atoms with Crippen LogP contribution in [0.1, 0.15) is 29.8 Å². The van der Waals surface area contributed by atoms with Crippen LogP contribution in [0, 0.1) is 5.82 Å². The second-order valence-corrected chi connectivity index (χ2v) is 9.98. The highest BCUT2D eigenvalue weighted by Gasteiger charge is 2.18. The molecule has 0 spiro atoms. The van der Waals surface area contributed by atoms with Crippen molar-refractivity contribution in [2.45, 2.75) is 19.4 Å². The number of hydrogen-bond acceptors (Lipinski definition) is 8. The van der Waals surface area contributed by atoms with Gasteiger partial charge in [-0.2, -0.15) is 0 Å². The maximum atomic E-state index is 14.6. The third kappa shape index (κ3) is 6.38. The molecule has 2 aromatic carbocycles. The molecule has 9 nitrogen and oxygen atoms in total. The van der Waals surface area contributed by atoms with Gasteiger partial charge in [-0.25, -0.2) is 14.4 Å². The first-order valence-corrected chi connectivity index (χ1v) is 12.2. The molecular formula is C25H23ClFN5O4S. The standard InChI is InChI=1S/C25H23ClFN5O4S/c1-25(2,28)14-6-4-5-13(9-14)22(34)29-18-11-19(15(26)10-16(18)27)36-21-8-7-17-23(32-21)37-24(30-17)31-20(33)12-35-3/h4-11H,12,28H2,1-3H3,(H,29,34)(H,30,31,33). The number of rotatable bonds is 8. The van der Waals surface area contributed by atoms with E-state index in [9.17, 15) is 14.0 Å². The molecule has 0 atom stereocenters. The number of halogens is 2. The molecule has 2 aromatic heterocycles. The Bertz CT molecular complexity index is 1490. The highest BCUT2D eigenvalue weighted by atomic mass is 35.5. The van der Waals surface area contributed by atoms with Crippen LogP contribution in [0.5, 0.6) is 11.6 Å². The van der Waals surface area contributed by atoms with Gasteiger partial charge in [-0.3, -0.25) is 14.9 Å². The van der Waals surface area contributed by atoms with E-state index in [0.717, 1.165) is 23.0 Å². The summed E-state index contributed by atoms with van der Waals surface area (Å²) in [5.74, 6) is -1.35. The van der Waals surface area contributed by atoms with E-state index in [-0.39, 0.29) is 34.9 Å². The average molecular weight is 544 g/mol. The van der Waals surface area contributed by atoms with Gasteiger partial charge in [0.1, 0.15) is 28.5 Å². The maximum Gasteiger partial charge on any atom is 0.255 e. The summed E-state index contributed by atoms with van der Waals surface area (Å²) in [6.07, 6.45) is 0. The number of aromatic nitrogens is 2. The highest BCUT2D eigenvalue weighted by Crippen LogP contribution is 2.35. The number of fused-ring (bicyclic) bond motifs is 1. The normalized spacial score (nSPS) is 11.4. The Hall–Kier alpha value is -3.64. The Balaban J connectivity index is 1.54. The lowest BCUT2D eigenvalue weighted by Gasteiger charge is -2.19. The van der Waals surface area contributed by atoms with Gasteiger partial charge in [0.2, 0.25) is 5.88 Å². The number of benzene rings is 2. The number of ether oxygens (including phenoxy) is 2. The van der Waals surface area contributed by atoms with Crippen LogP contribution in [0.4, 0.5) is 15.2 Å². The first-order chi connectivity index (χ1) is 17.5.